The van der Waals surface area contributed by atoms with Crippen LogP contribution in [0, 0.1) is 5.82 Å². The van der Waals surface area contributed by atoms with Crippen LogP contribution in [0.4, 0.5) is 26.4 Å². The summed E-state index contributed by atoms with van der Waals surface area (Å²) < 4.78 is 25.3. The molecule has 1 atom stereocenters. The third-order valence-electron chi connectivity index (χ3n) is 6.24. The number of piperazine rings is 1. The van der Waals surface area contributed by atoms with E-state index in [-0.39, 0.29) is 24.9 Å². The molecule has 3 heterocycles. The summed E-state index contributed by atoms with van der Waals surface area (Å²) in [7, 11) is 1.57. The molecule has 0 radical (unpaired) electrons. The number of hydrogen-bond donors (Lipinski definition) is 2. The average Bonchev–Trinajstić information content (AvgIpc) is 3.28. The van der Waals surface area contributed by atoms with Crippen molar-refractivity contribution in [1.82, 2.24) is 15.6 Å². The molecule has 3 amide bonds. The minimum atomic E-state index is -0.568. The van der Waals surface area contributed by atoms with Crippen LogP contribution in [-0.2, 0) is 14.3 Å². The van der Waals surface area contributed by atoms with Crippen molar-refractivity contribution in [2.75, 3.05) is 74.2 Å². The first-order chi connectivity index (χ1) is 17.9. The van der Waals surface area contributed by atoms with E-state index in [1.165, 1.54) is 17.9 Å². The van der Waals surface area contributed by atoms with Crippen molar-refractivity contribution in [3.8, 4) is 0 Å². The van der Waals surface area contributed by atoms with E-state index < -0.39 is 18.0 Å². The van der Waals surface area contributed by atoms with Crippen LogP contribution in [0.15, 0.2) is 36.5 Å². The standard InChI is InChI=1S/C25H31FN6O5/c1-17(33)28-15-20-16-32(25(35)37-20)19-4-5-22(21(26)13-19)30-8-10-31(11-9-30)23-6-3-18(14-29-23)24(34)27-7-12-36-2/h3-6,13-14,20H,7-12,15-16H2,1-2H3,(H,27,34)(H,28,33)/t20-/m0/s1. The topological polar surface area (TPSA) is 116 Å². The Labute approximate surface area is 214 Å². The molecule has 198 valence electrons. The molecular weight excluding hydrogens is 483 g/mol. The van der Waals surface area contributed by atoms with Gasteiger partial charge in [-0.25, -0.2) is 14.2 Å². The molecule has 2 N–H and O–H groups in total. The second kappa shape index (κ2) is 11.9. The number of rotatable bonds is 9. The zero-order chi connectivity index (χ0) is 26.4. The fourth-order valence-electron chi connectivity index (χ4n) is 4.27. The lowest BCUT2D eigenvalue weighted by atomic mass is 10.2. The quantitative estimate of drug-likeness (QED) is 0.483. The number of anilines is 3. The molecule has 2 aliphatic rings. The van der Waals surface area contributed by atoms with Gasteiger partial charge in [0.2, 0.25) is 5.91 Å². The van der Waals surface area contributed by atoms with Gasteiger partial charge < -0.3 is 29.9 Å². The highest BCUT2D eigenvalue weighted by Crippen LogP contribution is 2.29. The second-order valence-corrected chi connectivity index (χ2v) is 8.82. The lowest BCUT2D eigenvalue weighted by molar-refractivity contribution is -0.119. The Kier molecular flexibility index (Phi) is 8.39. The van der Waals surface area contributed by atoms with Crippen molar-refractivity contribution in [2.45, 2.75) is 13.0 Å². The first kappa shape index (κ1) is 26.1. The smallest absolute Gasteiger partial charge is 0.414 e. The lowest BCUT2D eigenvalue weighted by Crippen LogP contribution is -2.47. The maximum absolute atomic E-state index is 15.1. The van der Waals surface area contributed by atoms with Gasteiger partial charge in [0.1, 0.15) is 17.7 Å². The summed E-state index contributed by atoms with van der Waals surface area (Å²) in [5.41, 5.74) is 1.34. The zero-order valence-corrected chi connectivity index (χ0v) is 20.9. The lowest BCUT2D eigenvalue weighted by Gasteiger charge is -2.37. The van der Waals surface area contributed by atoms with Gasteiger partial charge in [-0.05, 0) is 30.3 Å². The van der Waals surface area contributed by atoms with E-state index in [2.05, 4.69) is 20.5 Å². The van der Waals surface area contributed by atoms with Gasteiger partial charge in [-0.15, -0.1) is 0 Å². The number of ether oxygens (including phenoxy) is 2. The van der Waals surface area contributed by atoms with E-state index in [0.29, 0.717) is 56.3 Å². The van der Waals surface area contributed by atoms with Gasteiger partial charge in [-0.1, -0.05) is 0 Å². The number of nitrogens with one attached hydrogen (secondary N) is 2. The maximum atomic E-state index is 15.1. The molecule has 11 nitrogen and oxygen atoms in total. The Balaban J connectivity index is 1.32. The van der Waals surface area contributed by atoms with Gasteiger partial charge in [0, 0.05) is 53.0 Å². The van der Waals surface area contributed by atoms with Crippen molar-refractivity contribution in [3.63, 3.8) is 0 Å². The summed E-state index contributed by atoms with van der Waals surface area (Å²) in [5.74, 6) is -0.0829. The van der Waals surface area contributed by atoms with Gasteiger partial charge in [0.25, 0.3) is 5.91 Å². The molecule has 0 bridgehead atoms. The Bertz CT molecular complexity index is 1120. The first-order valence-corrected chi connectivity index (χ1v) is 12.1. The summed E-state index contributed by atoms with van der Waals surface area (Å²) in [5, 5.41) is 5.38. The first-order valence-electron chi connectivity index (χ1n) is 12.1. The zero-order valence-electron chi connectivity index (χ0n) is 20.9. The van der Waals surface area contributed by atoms with Gasteiger partial charge in [0.05, 0.1) is 36.6 Å². The summed E-state index contributed by atoms with van der Waals surface area (Å²) in [6, 6.07) is 8.25. The van der Waals surface area contributed by atoms with Crippen molar-refractivity contribution in [3.05, 3.63) is 47.9 Å². The summed E-state index contributed by atoms with van der Waals surface area (Å²) >= 11 is 0. The van der Waals surface area contributed by atoms with Crippen LogP contribution >= 0.6 is 0 Å². The number of cyclic esters (lactones) is 1. The number of benzene rings is 1. The Hall–Kier alpha value is -3.93. The minimum absolute atomic E-state index is 0.203. The van der Waals surface area contributed by atoms with Crippen LogP contribution in [0.2, 0.25) is 0 Å². The van der Waals surface area contributed by atoms with Crippen LogP contribution in [-0.4, -0.2) is 88.5 Å². The van der Waals surface area contributed by atoms with Gasteiger partial charge >= 0.3 is 6.09 Å². The SMILES string of the molecule is COCCNC(=O)c1ccc(N2CCN(c3ccc(N4C[C@H](CNC(C)=O)OC4=O)cc3F)CC2)nc1. The van der Waals surface area contributed by atoms with Crippen LogP contribution in [0.25, 0.3) is 0 Å². The van der Waals surface area contributed by atoms with E-state index in [1.54, 1.807) is 31.5 Å². The summed E-state index contributed by atoms with van der Waals surface area (Å²) in [4.78, 5) is 45.3. The molecule has 0 unspecified atom stereocenters. The summed E-state index contributed by atoms with van der Waals surface area (Å²) in [6.07, 6.45) is 0.494. The second-order valence-electron chi connectivity index (χ2n) is 8.82. The van der Waals surface area contributed by atoms with Crippen molar-refractivity contribution < 1.29 is 28.2 Å². The molecule has 2 aromatic rings. The van der Waals surface area contributed by atoms with Crippen LogP contribution < -0.4 is 25.3 Å². The fourth-order valence-corrected chi connectivity index (χ4v) is 4.27. The van der Waals surface area contributed by atoms with Crippen molar-refractivity contribution in [1.29, 1.82) is 0 Å². The molecular formula is C25H31FN6O5. The predicted octanol–water partition coefficient (Wildman–Crippen LogP) is 1.38. The van der Waals surface area contributed by atoms with E-state index in [1.807, 2.05) is 11.0 Å². The Morgan fingerprint density at radius 3 is 2.54 bits per heavy atom. The van der Waals surface area contributed by atoms with Gasteiger partial charge in [-0.3, -0.25) is 14.5 Å². The van der Waals surface area contributed by atoms with E-state index in [9.17, 15) is 14.4 Å². The van der Waals surface area contributed by atoms with Gasteiger partial charge in [0.15, 0.2) is 0 Å². The molecule has 0 spiro atoms. The Morgan fingerprint density at radius 1 is 1.14 bits per heavy atom. The number of carbonyl (C=O) groups is 3. The van der Waals surface area contributed by atoms with Crippen molar-refractivity contribution in [2.24, 2.45) is 0 Å². The van der Waals surface area contributed by atoms with Crippen LogP contribution in [0.5, 0.6) is 0 Å². The number of nitrogens with zero attached hydrogens (tertiary/aromatic N) is 4. The van der Waals surface area contributed by atoms with E-state index in [4.69, 9.17) is 9.47 Å². The van der Waals surface area contributed by atoms with Crippen molar-refractivity contribution >= 4 is 35.1 Å². The third-order valence-corrected chi connectivity index (χ3v) is 6.24. The molecule has 2 saturated heterocycles. The molecule has 4 rings (SSSR count). The monoisotopic (exact) mass is 514 g/mol. The number of methoxy groups -OCH3 is 1. The fraction of sp³-hybridized carbons (Fsp3) is 0.440. The minimum Gasteiger partial charge on any atom is -0.442 e. The van der Waals surface area contributed by atoms with Crippen LogP contribution in [0.3, 0.4) is 0 Å². The molecule has 12 heteroatoms. The molecule has 0 aliphatic carbocycles. The number of amides is 3. The molecule has 1 aromatic carbocycles. The molecule has 37 heavy (non-hydrogen) atoms. The molecule has 1 aromatic heterocycles. The molecule has 2 aliphatic heterocycles. The average molecular weight is 515 g/mol. The predicted molar refractivity (Wildman–Crippen MR) is 136 cm³/mol. The van der Waals surface area contributed by atoms with Crippen LogP contribution in [0.1, 0.15) is 17.3 Å². The number of hydrogen-bond acceptors (Lipinski definition) is 8. The molecule has 2 fully saturated rings. The number of halogens is 1. The number of carbonyl (C=O) groups excluding carboxylic acids is 3. The third kappa shape index (κ3) is 6.45. The normalized spacial score (nSPS) is 17.5. The number of pyridine rings is 1. The highest BCUT2D eigenvalue weighted by atomic mass is 19.1. The highest BCUT2D eigenvalue weighted by molar-refractivity contribution is 5.94. The maximum Gasteiger partial charge on any atom is 0.414 e. The highest BCUT2D eigenvalue weighted by Gasteiger charge is 2.33. The Morgan fingerprint density at radius 2 is 1.89 bits per heavy atom. The van der Waals surface area contributed by atoms with Gasteiger partial charge in [-0.2, -0.15) is 0 Å². The van der Waals surface area contributed by atoms with E-state index >= 15 is 4.39 Å². The summed E-state index contributed by atoms with van der Waals surface area (Å²) in [6.45, 7) is 5.14. The molecule has 0 saturated carbocycles. The largest absolute Gasteiger partial charge is 0.442 e. The van der Waals surface area contributed by atoms with E-state index in [0.717, 1.165) is 5.82 Å². The number of aromatic nitrogens is 1.